The second kappa shape index (κ2) is 8.67. The zero-order valence-corrected chi connectivity index (χ0v) is 15.9. The van der Waals surface area contributed by atoms with Crippen molar-refractivity contribution in [2.75, 3.05) is 12.0 Å². The van der Waals surface area contributed by atoms with Gasteiger partial charge in [-0.2, -0.15) is 5.10 Å². The molecule has 0 radical (unpaired) electrons. The fraction of sp³-hybridized carbons (Fsp3) is 0.200. The molecule has 8 heteroatoms. The molecule has 7 nitrogen and oxygen atoms in total. The number of nitrogens with zero attached hydrogens (tertiary/aromatic N) is 2. The Morgan fingerprint density at radius 2 is 1.75 bits per heavy atom. The van der Waals surface area contributed by atoms with E-state index in [4.69, 9.17) is 16.3 Å². The normalized spacial score (nSPS) is 10.6. The van der Waals surface area contributed by atoms with Gasteiger partial charge in [-0.3, -0.25) is 14.4 Å². The number of aromatic nitrogens is 2. The number of carbonyl (C=O) groups is 2. The molecule has 3 aromatic rings. The lowest BCUT2D eigenvalue weighted by molar-refractivity contribution is -0.142. The van der Waals surface area contributed by atoms with E-state index in [0.29, 0.717) is 21.5 Å². The molecule has 3 rings (SSSR count). The molecule has 0 saturated heterocycles. The molecule has 0 unspecified atom stereocenters. The smallest absolute Gasteiger partial charge is 0.311 e. The molecule has 0 saturated carbocycles. The molecule has 28 heavy (non-hydrogen) atoms. The molecule has 0 aliphatic rings. The number of esters is 1. The van der Waals surface area contributed by atoms with Crippen molar-refractivity contribution in [3.05, 3.63) is 75.2 Å². The van der Waals surface area contributed by atoms with E-state index in [0.717, 1.165) is 10.4 Å². The highest BCUT2D eigenvalue weighted by molar-refractivity contribution is 6.30. The Kier molecular flexibility index (Phi) is 6.06. The summed E-state index contributed by atoms with van der Waals surface area (Å²) in [5, 5.41) is 5.63. The minimum Gasteiger partial charge on any atom is -0.466 e. The summed E-state index contributed by atoms with van der Waals surface area (Å²) in [4.78, 5) is 37.8. The van der Waals surface area contributed by atoms with Gasteiger partial charge in [0.25, 0.3) is 5.56 Å². The van der Waals surface area contributed by atoms with Crippen molar-refractivity contribution < 1.29 is 14.3 Å². The van der Waals surface area contributed by atoms with E-state index in [1.165, 1.54) is 0 Å². The van der Waals surface area contributed by atoms with Crippen LogP contribution in [0.3, 0.4) is 0 Å². The van der Waals surface area contributed by atoms with Gasteiger partial charge in [-0.05, 0) is 30.7 Å². The Morgan fingerprint density at radius 1 is 1.07 bits per heavy atom. The lowest BCUT2D eigenvalue weighted by Crippen LogP contribution is -2.37. The van der Waals surface area contributed by atoms with Gasteiger partial charge in [-0.25, -0.2) is 5.43 Å². The highest BCUT2D eigenvalue weighted by Gasteiger charge is 2.15. The van der Waals surface area contributed by atoms with Crippen molar-refractivity contribution >= 4 is 34.2 Å². The van der Waals surface area contributed by atoms with Crippen LogP contribution in [0.4, 0.5) is 0 Å². The summed E-state index contributed by atoms with van der Waals surface area (Å²) >= 11 is 5.84. The minimum atomic E-state index is -0.479. The van der Waals surface area contributed by atoms with Crippen LogP contribution >= 0.6 is 11.6 Å². The van der Waals surface area contributed by atoms with Crippen molar-refractivity contribution in [2.24, 2.45) is 0 Å². The van der Waals surface area contributed by atoms with E-state index in [-0.39, 0.29) is 19.4 Å². The second-order valence-corrected chi connectivity index (χ2v) is 6.47. The van der Waals surface area contributed by atoms with Crippen molar-refractivity contribution in [3.8, 4) is 0 Å². The number of ether oxygens (including phenoxy) is 1. The Bertz CT molecular complexity index is 1080. The molecule has 0 atom stereocenters. The van der Waals surface area contributed by atoms with Gasteiger partial charge in [0.2, 0.25) is 5.91 Å². The first-order valence-electron chi connectivity index (χ1n) is 8.69. The van der Waals surface area contributed by atoms with Crippen LogP contribution < -0.4 is 11.0 Å². The van der Waals surface area contributed by atoms with Gasteiger partial charge in [0.1, 0.15) is 0 Å². The third-order valence-electron chi connectivity index (χ3n) is 4.01. The summed E-state index contributed by atoms with van der Waals surface area (Å²) in [6.45, 7) is 1.95. The summed E-state index contributed by atoms with van der Waals surface area (Å²) in [6, 6.07) is 13.6. The first-order valence-corrected chi connectivity index (χ1v) is 9.06. The van der Waals surface area contributed by atoms with E-state index >= 15 is 0 Å². The number of hydrogen-bond acceptors (Lipinski definition) is 5. The van der Waals surface area contributed by atoms with Gasteiger partial charge in [0.15, 0.2) is 0 Å². The minimum absolute atomic E-state index is 0.0469. The maximum Gasteiger partial charge on any atom is 0.311 e. The number of halogens is 1. The Labute approximate surface area is 165 Å². The highest BCUT2D eigenvalue weighted by atomic mass is 35.5. The van der Waals surface area contributed by atoms with E-state index in [1.54, 1.807) is 55.5 Å². The average Bonchev–Trinajstić information content (AvgIpc) is 2.67. The number of amides is 1. The van der Waals surface area contributed by atoms with Crippen molar-refractivity contribution in [1.29, 1.82) is 0 Å². The molecule has 0 aliphatic carbocycles. The molecule has 0 spiro atoms. The van der Waals surface area contributed by atoms with Gasteiger partial charge in [0.05, 0.1) is 30.5 Å². The highest BCUT2D eigenvalue weighted by Crippen LogP contribution is 2.14. The molecule has 144 valence electrons. The van der Waals surface area contributed by atoms with E-state index in [2.05, 4.69) is 10.5 Å². The molecular weight excluding hydrogens is 382 g/mol. The van der Waals surface area contributed by atoms with E-state index < -0.39 is 17.4 Å². The Balaban J connectivity index is 1.90. The average molecular weight is 400 g/mol. The fourth-order valence-electron chi connectivity index (χ4n) is 2.76. The second-order valence-electron chi connectivity index (χ2n) is 6.03. The van der Waals surface area contributed by atoms with Gasteiger partial charge in [-0.15, -0.1) is 4.79 Å². The Morgan fingerprint density at radius 3 is 2.43 bits per heavy atom. The first-order chi connectivity index (χ1) is 13.5. The summed E-state index contributed by atoms with van der Waals surface area (Å²) < 4.78 is 4.97. The number of benzene rings is 2. The third kappa shape index (κ3) is 4.55. The zero-order chi connectivity index (χ0) is 20.1. The van der Waals surface area contributed by atoms with Crippen LogP contribution in [0.5, 0.6) is 0 Å². The summed E-state index contributed by atoms with van der Waals surface area (Å²) in [5.74, 6) is -0.882. The third-order valence-corrected chi connectivity index (χ3v) is 4.26. The molecule has 2 aromatic carbocycles. The van der Waals surface area contributed by atoms with Crippen LogP contribution in [0.2, 0.25) is 5.02 Å². The maximum atomic E-state index is 12.7. The van der Waals surface area contributed by atoms with E-state index in [1.807, 2.05) is 0 Å². The molecule has 0 bridgehead atoms. The predicted molar refractivity (Wildman–Crippen MR) is 106 cm³/mol. The topological polar surface area (TPSA) is 90.3 Å². The van der Waals surface area contributed by atoms with Crippen molar-refractivity contribution in [2.45, 2.75) is 19.8 Å². The van der Waals surface area contributed by atoms with Gasteiger partial charge >= 0.3 is 5.97 Å². The number of nitrogens with one attached hydrogen (secondary N) is 1. The zero-order valence-electron chi connectivity index (χ0n) is 15.1. The lowest BCUT2D eigenvalue weighted by Gasteiger charge is -2.11. The number of rotatable bonds is 6. The van der Waals surface area contributed by atoms with Crippen LogP contribution in [0.15, 0.2) is 53.3 Å². The van der Waals surface area contributed by atoms with Crippen molar-refractivity contribution in [3.63, 3.8) is 0 Å². The fourth-order valence-corrected chi connectivity index (χ4v) is 2.88. The quantitative estimate of drug-likeness (QED) is 0.643. The van der Waals surface area contributed by atoms with Crippen molar-refractivity contribution in [1.82, 2.24) is 9.89 Å². The maximum absolute atomic E-state index is 12.7. The molecule has 1 N–H and O–H groups in total. The molecule has 0 aliphatic heterocycles. The summed E-state index contributed by atoms with van der Waals surface area (Å²) in [7, 11) is 0. The van der Waals surface area contributed by atoms with Gasteiger partial charge in [-0.1, -0.05) is 41.9 Å². The predicted octanol–water partition coefficient (Wildman–Crippen LogP) is 2.47. The largest absolute Gasteiger partial charge is 0.466 e. The number of fused-ring (bicyclic) bond motifs is 1. The van der Waals surface area contributed by atoms with Crippen LogP contribution in [0, 0.1) is 0 Å². The molecular formula is C20H18ClN3O4. The molecule has 1 amide bonds. The van der Waals surface area contributed by atoms with Crippen LogP contribution in [0.1, 0.15) is 18.2 Å². The standard InChI is InChI=1S/C20H18ClN3O4/c1-2-28-19(26)12-17-15-5-3-4-6-16(15)20(27)24(22-17)23-18(25)11-13-7-9-14(21)10-8-13/h3-10H,2,11-12H2,1H3,(H,23,25). The Hall–Kier alpha value is -3.19. The molecule has 1 heterocycles. The number of hydrogen-bond donors (Lipinski definition) is 1. The summed E-state index contributed by atoms with van der Waals surface area (Å²) in [6.07, 6.45) is -0.0625. The van der Waals surface area contributed by atoms with Crippen LogP contribution in [0.25, 0.3) is 10.8 Å². The lowest BCUT2D eigenvalue weighted by atomic mass is 10.1. The molecule has 1 aromatic heterocycles. The van der Waals surface area contributed by atoms with Crippen LogP contribution in [-0.4, -0.2) is 28.4 Å². The van der Waals surface area contributed by atoms with Gasteiger partial charge < -0.3 is 4.74 Å². The SMILES string of the molecule is CCOC(=O)Cc1nn(NC(=O)Cc2ccc(Cl)cc2)c(=O)c2ccccc12. The first kappa shape index (κ1) is 19.6. The van der Waals surface area contributed by atoms with Gasteiger partial charge in [0, 0.05) is 10.4 Å². The summed E-state index contributed by atoms with van der Waals surface area (Å²) in [5.41, 5.74) is 3.09. The molecule has 0 fully saturated rings. The monoisotopic (exact) mass is 399 g/mol. The van der Waals surface area contributed by atoms with Crippen LogP contribution in [-0.2, 0) is 27.2 Å². The van der Waals surface area contributed by atoms with E-state index in [9.17, 15) is 14.4 Å². The number of carbonyl (C=O) groups excluding carboxylic acids is 2.